The van der Waals surface area contributed by atoms with Crippen LogP contribution in [-0.2, 0) is 55.5 Å². The van der Waals surface area contributed by atoms with Gasteiger partial charge in [-0.05, 0) is 6.92 Å². The Morgan fingerprint density at radius 3 is 2.06 bits per heavy atom. The van der Waals surface area contributed by atoms with Crippen LogP contribution in [0.15, 0.2) is 12.7 Å². The van der Waals surface area contributed by atoms with Crippen LogP contribution in [0.25, 0.3) is 11.2 Å². The molecule has 0 aromatic carbocycles. The Hall–Kier alpha value is -0.580. The number of nitrogens with zero attached hydrogens (tertiary/aromatic N) is 4. The number of aliphatic hydroxyl groups is 2. The number of Topliss-reactive ketones (excluding diaryl/α,β-unsaturated/α-hetero) is 1. The number of hydrogen-bond acceptors (Lipinski definition) is 19. The van der Waals surface area contributed by atoms with Gasteiger partial charge in [0.25, 0.3) is 0 Å². The number of hydrogen-bond donors (Lipinski definition) is 9. The minimum atomic E-state index is -5.58. The fraction of sp³-hybridized carbons (Fsp3) is 0.640. The average molecular weight is 969 g/mol. The van der Waals surface area contributed by atoms with Crippen molar-refractivity contribution in [2.45, 2.75) is 64.3 Å². The second-order valence-electron chi connectivity index (χ2n) is 12.2. The molecule has 7 atom stereocenters. The zero-order valence-electron chi connectivity index (χ0n) is 35.2. The molecule has 3 rings (SSSR count). The standard InChI is InChI=1S/C25H40N7O18P3S.4Li.5H2O/c1-13(33)8-16(35)54-7-6-27-15(34)4-5-28-23(38)20(37)25(2,3)10-47-53(44,45)50-52(42,43)46-9-14-19(49-51(39,40)41)18(36)24(48-14)32-12-31-17-21(26)29-11-30-22(17)32;;;;;;;;;/h11-12,14,18-20,24,36-37H,4-10H2,1-3H3,(H,27,34)(H,28,38)(H,42,43)(H,44,45)(H2,26,29,30)(H2,39,40,41);;;;;5*1H2/t14-,18-,19-,20+,24-;;;;;;;;;/m1........./s1. The number of rotatable bonds is 21. The van der Waals surface area contributed by atoms with Crippen LogP contribution in [0.1, 0.15) is 39.8 Å². The molecule has 0 saturated carbocycles. The minimum absolute atomic E-state index is 0. The van der Waals surface area contributed by atoms with Gasteiger partial charge in [0, 0.05) is 106 Å². The van der Waals surface area contributed by atoms with Crippen molar-refractivity contribution in [1.29, 1.82) is 0 Å². The van der Waals surface area contributed by atoms with Crippen molar-refractivity contribution in [3.63, 3.8) is 0 Å². The first kappa shape index (κ1) is 76.7. The monoisotopic (exact) mass is 969 g/mol. The molecule has 2 aromatic rings. The van der Waals surface area contributed by atoms with E-state index in [4.69, 9.17) is 19.5 Å². The molecule has 30 nitrogen and oxygen atoms in total. The van der Waals surface area contributed by atoms with Crippen LogP contribution in [0.3, 0.4) is 0 Å². The first-order chi connectivity index (χ1) is 24.9. The van der Waals surface area contributed by atoms with Gasteiger partial charge in [0.1, 0.15) is 42.0 Å². The summed E-state index contributed by atoms with van der Waals surface area (Å²) in [4.78, 5) is 97.7. The number of amides is 2. The number of nitrogens with two attached hydrogens (primary N) is 1. The van der Waals surface area contributed by atoms with Gasteiger partial charge in [0.2, 0.25) is 11.8 Å². The van der Waals surface area contributed by atoms with Gasteiger partial charge in [-0.3, -0.25) is 37.3 Å². The predicted octanol–water partition coefficient (Wildman–Crippen LogP) is -7.00. The van der Waals surface area contributed by atoms with Crippen molar-refractivity contribution in [3.8, 4) is 0 Å². The number of aliphatic hydroxyl groups excluding tert-OH is 2. The molecule has 1 aliphatic rings. The van der Waals surface area contributed by atoms with Crippen molar-refractivity contribution < 1.29 is 113 Å². The Bertz CT molecular complexity index is 1860. The normalized spacial score (nSPS) is 18.8. The molecule has 63 heavy (non-hydrogen) atoms. The number of phosphoric ester groups is 3. The average Bonchev–Trinajstić information content (AvgIpc) is 3.60. The van der Waals surface area contributed by atoms with Gasteiger partial charge in [-0.1, -0.05) is 25.6 Å². The number of ketones is 1. The quantitative estimate of drug-likeness (QED) is 0.0243. The number of thioether (sulfide) groups is 1. The van der Waals surface area contributed by atoms with E-state index in [0.29, 0.717) is 0 Å². The smallest absolute Gasteiger partial charge is 0.412 e. The number of fused-ring (bicyclic) bond motifs is 1. The van der Waals surface area contributed by atoms with Crippen molar-refractivity contribution in [2.24, 2.45) is 5.41 Å². The van der Waals surface area contributed by atoms with Crippen LogP contribution in [0.5, 0.6) is 0 Å². The van der Waals surface area contributed by atoms with E-state index in [1.54, 1.807) is 0 Å². The van der Waals surface area contributed by atoms with Gasteiger partial charge in [-0.25, -0.2) is 28.6 Å². The number of nitrogen functional groups attached to an aromatic ring is 1. The maximum atomic E-state index is 12.6. The minimum Gasteiger partial charge on any atom is -0.412 e. The number of nitrogens with one attached hydrogen (secondary N) is 2. The van der Waals surface area contributed by atoms with Crippen LogP contribution < -0.4 is 16.4 Å². The maximum absolute atomic E-state index is 12.6. The summed E-state index contributed by atoms with van der Waals surface area (Å²) in [5.41, 5.74) is 4.22. The van der Waals surface area contributed by atoms with E-state index in [1.807, 2.05) is 0 Å². The van der Waals surface area contributed by atoms with E-state index in [1.165, 1.54) is 20.8 Å². The van der Waals surface area contributed by atoms with Gasteiger partial charge < -0.3 is 78.3 Å². The van der Waals surface area contributed by atoms with E-state index in [-0.39, 0.29) is 162 Å². The van der Waals surface area contributed by atoms with Crippen molar-refractivity contribution in [2.75, 3.05) is 37.8 Å². The fourth-order valence-corrected chi connectivity index (χ4v) is 8.12. The Morgan fingerprint density at radius 2 is 1.51 bits per heavy atom. The van der Waals surface area contributed by atoms with Crippen molar-refractivity contribution >= 4 is 150 Å². The first-order valence-corrected chi connectivity index (χ1v) is 21.0. The molecule has 2 unspecified atom stereocenters. The summed E-state index contributed by atoms with van der Waals surface area (Å²) in [6.45, 7) is 1.58. The summed E-state index contributed by atoms with van der Waals surface area (Å²) in [5.74, 6) is -1.61. The largest absolute Gasteiger partial charge is 0.481 e. The summed E-state index contributed by atoms with van der Waals surface area (Å²) < 4.78 is 61.9. The number of carbonyl (C=O) groups excluding carboxylic acids is 4. The molecule has 20 N–H and O–H groups in total. The molecule has 1 saturated heterocycles. The summed E-state index contributed by atoms with van der Waals surface area (Å²) in [7, 11) is -16.4. The maximum Gasteiger partial charge on any atom is 0.481 e. The molecule has 348 valence electrons. The molecule has 2 aromatic heterocycles. The number of phosphoric acid groups is 3. The SMILES string of the molecule is CC(=O)CC(=O)SCCNC(=O)CCNC(=O)[C@H](O)C(C)(C)COP(=O)(O)OP(=O)(O)OC[C@H]1O[C@@H](n2cnc3c(N)ncnc32)[C@H](O)[C@@H]1OP(=O)(O)O.O.O.O.O.O.[Li].[Li].[Li].[Li]. The topological polar surface area (TPSA) is 538 Å². The fourth-order valence-electron chi connectivity index (χ4n) is 4.55. The van der Waals surface area contributed by atoms with Crippen LogP contribution in [0.4, 0.5) is 5.82 Å². The first-order valence-electron chi connectivity index (χ1n) is 15.5. The summed E-state index contributed by atoms with van der Waals surface area (Å²) in [6.07, 6.45) is -7.24. The molecule has 3 heterocycles. The zero-order chi connectivity index (χ0) is 40.6. The van der Waals surface area contributed by atoms with E-state index in [2.05, 4.69) is 34.4 Å². The molecule has 0 aliphatic carbocycles. The Kier molecular flexibility index (Phi) is 40.2. The van der Waals surface area contributed by atoms with Crippen molar-refractivity contribution in [1.82, 2.24) is 30.2 Å². The molecular formula is C25H50Li4N7O23P3S. The predicted molar refractivity (Wildman–Crippen MR) is 223 cm³/mol. The Labute approximate surface area is 410 Å². The van der Waals surface area contributed by atoms with E-state index in [9.17, 15) is 62.7 Å². The molecular weight excluding hydrogens is 919 g/mol. The number of aromatic nitrogens is 4. The van der Waals surface area contributed by atoms with Crippen molar-refractivity contribution in [3.05, 3.63) is 12.7 Å². The van der Waals surface area contributed by atoms with Gasteiger partial charge in [0.15, 0.2) is 22.8 Å². The molecule has 2 amide bonds. The summed E-state index contributed by atoms with van der Waals surface area (Å²) >= 11 is 0.878. The summed E-state index contributed by atoms with van der Waals surface area (Å²) in [5, 5.41) is 25.8. The number of carbonyl (C=O) groups is 4. The van der Waals surface area contributed by atoms with Gasteiger partial charge in [0.05, 0.1) is 26.0 Å². The Balaban J connectivity index is -0.000000697. The second kappa shape index (κ2) is 33.0. The van der Waals surface area contributed by atoms with Gasteiger partial charge in [-0.2, -0.15) is 4.31 Å². The number of ether oxygens (including phenoxy) is 1. The van der Waals surface area contributed by atoms with Crippen LogP contribution in [-0.4, -0.2) is 231 Å². The third-order valence-electron chi connectivity index (χ3n) is 7.16. The van der Waals surface area contributed by atoms with Gasteiger partial charge in [-0.15, -0.1) is 0 Å². The van der Waals surface area contributed by atoms with Crippen LogP contribution in [0, 0.1) is 5.41 Å². The van der Waals surface area contributed by atoms with Crippen LogP contribution >= 0.6 is 35.2 Å². The molecule has 1 fully saturated rings. The molecule has 0 spiro atoms. The Morgan fingerprint density at radius 1 is 0.937 bits per heavy atom. The van der Waals surface area contributed by atoms with E-state index in [0.717, 1.165) is 29.0 Å². The third kappa shape index (κ3) is 24.8. The van der Waals surface area contributed by atoms with E-state index >= 15 is 0 Å². The second-order valence-corrected chi connectivity index (χ2v) is 17.6. The molecule has 0 bridgehead atoms. The molecule has 4 radical (unpaired) electrons. The third-order valence-corrected chi connectivity index (χ3v) is 11.1. The molecule has 1 aliphatic heterocycles. The number of anilines is 1. The number of imidazole rings is 1. The summed E-state index contributed by atoms with van der Waals surface area (Å²) in [6, 6.07) is 0. The molecule has 38 heteroatoms. The zero-order valence-corrected chi connectivity index (χ0v) is 38.7. The van der Waals surface area contributed by atoms with Crippen LogP contribution in [0.2, 0.25) is 0 Å². The van der Waals surface area contributed by atoms with E-state index < -0.39 is 84.6 Å². The van der Waals surface area contributed by atoms with Gasteiger partial charge >= 0.3 is 23.5 Å².